The fourth-order valence-electron chi connectivity index (χ4n) is 1.74. The molecule has 1 aliphatic heterocycles. The fraction of sp³-hybridized carbons (Fsp3) is 0.727. The van der Waals surface area contributed by atoms with E-state index in [2.05, 4.69) is 18.8 Å². The number of hydrogen-bond donors (Lipinski definition) is 2. The van der Waals surface area contributed by atoms with Crippen LogP contribution in [0.25, 0.3) is 0 Å². The van der Waals surface area contributed by atoms with Gasteiger partial charge in [-0.15, -0.1) is 0 Å². The molecule has 1 fully saturated rings. The lowest BCUT2D eigenvalue weighted by Crippen LogP contribution is -2.38. The first-order valence-electron chi connectivity index (χ1n) is 5.33. The van der Waals surface area contributed by atoms with E-state index in [0.717, 1.165) is 26.1 Å². The van der Waals surface area contributed by atoms with Crippen LogP contribution in [0.2, 0.25) is 0 Å². The van der Waals surface area contributed by atoms with Crippen molar-refractivity contribution in [1.29, 1.82) is 0 Å². The van der Waals surface area contributed by atoms with Crippen molar-refractivity contribution in [3.63, 3.8) is 0 Å². The average molecular weight is 213 g/mol. The number of carboxylic acids is 1. The molecule has 1 unspecified atom stereocenters. The third-order valence-corrected chi connectivity index (χ3v) is 2.91. The zero-order chi connectivity index (χ0) is 11.3. The number of nitrogens with one attached hydrogen (secondary N) is 1. The van der Waals surface area contributed by atoms with Gasteiger partial charge < -0.3 is 15.2 Å². The number of ether oxygens (including phenoxy) is 1. The maximum absolute atomic E-state index is 10.5. The van der Waals surface area contributed by atoms with E-state index in [1.165, 1.54) is 0 Å². The molecule has 2 N–H and O–H groups in total. The molecular weight excluding hydrogens is 194 g/mol. The quantitative estimate of drug-likeness (QED) is 0.670. The van der Waals surface area contributed by atoms with Gasteiger partial charge in [0.1, 0.15) is 0 Å². The molecule has 0 spiro atoms. The fourth-order valence-corrected chi connectivity index (χ4v) is 1.74. The number of carbonyl (C=O) groups is 1. The number of aliphatic carboxylic acids is 1. The van der Waals surface area contributed by atoms with Crippen molar-refractivity contribution >= 4 is 5.97 Å². The minimum Gasteiger partial charge on any atom is -0.478 e. The first-order valence-corrected chi connectivity index (χ1v) is 5.33. The van der Waals surface area contributed by atoms with Crippen molar-refractivity contribution < 1.29 is 14.6 Å². The molecule has 0 aromatic rings. The largest absolute Gasteiger partial charge is 0.478 e. The van der Waals surface area contributed by atoms with Crippen molar-refractivity contribution in [2.45, 2.75) is 25.8 Å². The van der Waals surface area contributed by atoms with Crippen molar-refractivity contribution in [2.75, 3.05) is 19.8 Å². The Morgan fingerprint density at radius 3 is 2.73 bits per heavy atom. The molecule has 0 aromatic carbocycles. The first kappa shape index (κ1) is 12.2. The van der Waals surface area contributed by atoms with E-state index in [4.69, 9.17) is 9.84 Å². The Morgan fingerprint density at radius 1 is 1.60 bits per heavy atom. The predicted octanol–water partition coefficient (Wildman–Crippen LogP) is 1.03. The minimum atomic E-state index is -0.929. The van der Waals surface area contributed by atoms with Gasteiger partial charge >= 0.3 is 5.97 Å². The summed E-state index contributed by atoms with van der Waals surface area (Å²) in [5.74, 6) is -0.345. The van der Waals surface area contributed by atoms with Gasteiger partial charge in [-0.1, -0.05) is 6.58 Å². The van der Waals surface area contributed by atoms with Gasteiger partial charge in [0.15, 0.2) is 0 Å². The summed E-state index contributed by atoms with van der Waals surface area (Å²) >= 11 is 0. The number of rotatable bonds is 5. The van der Waals surface area contributed by atoms with Crippen LogP contribution in [-0.4, -0.2) is 36.9 Å². The standard InChI is InChI=1S/C11H19NO3/c1-8(11(13)14)7-12-9(2)10-3-5-15-6-4-10/h9-10,12H,1,3-7H2,2H3,(H,13,14). The summed E-state index contributed by atoms with van der Waals surface area (Å²) in [6.07, 6.45) is 2.10. The van der Waals surface area contributed by atoms with Crippen LogP contribution in [0.1, 0.15) is 19.8 Å². The van der Waals surface area contributed by atoms with Crippen LogP contribution in [-0.2, 0) is 9.53 Å². The summed E-state index contributed by atoms with van der Waals surface area (Å²) < 4.78 is 5.27. The van der Waals surface area contributed by atoms with Gasteiger partial charge in [-0.25, -0.2) is 4.79 Å². The molecule has 0 aliphatic carbocycles. The highest BCUT2D eigenvalue weighted by molar-refractivity contribution is 5.86. The Labute approximate surface area is 90.3 Å². The molecule has 0 saturated carbocycles. The van der Waals surface area contributed by atoms with E-state index in [0.29, 0.717) is 18.5 Å². The second-order valence-electron chi connectivity index (χ2n) is 4.03. The molecule has 1 saturated heterocycles. The summed E-state index contributed by atoms with van der Waals surface area (Å²) in [7, 11) is 0. The molecule has 4 nitrogen and oxygen atoms in total. The van der Waals surface area contributed by atoms with Crippen LogP contribution in [0.3, 0.4) is 0 Å². The molecule has 1 aliphatic rings. The van der Waals surface area contributed by atoms with Crippen molar-refractivity contribution in [1.82, 2.24) is 5.32 Å². The third-order valence-electron chi connectivity index (χ3n) is 2.91. The van der Waals surface area contributed by atoms with Crippen molar-refractivity contribution in [3.8, 4) is 0 Å². The summed E-state index contributed by atoms with van der Waals surface area (Å²) in [5, 5.41) is 11.8. The second kappa shape index (κ2) is 5.88. The summed E-state index contributed by atoms with van der Waals surface area (Å²) in [6.45, 7) is 7.56. The highest BCUT2D eigenvalue weighted by atomic mass is 16.5. The zero-order valence-corrected chi connectivity index (χ0v) is 9.16. The third kappa shape index (κ3) is 4.01. The Bertz CT molecular complexity index is 234. The summed E-state index contributed by atoms with van der Waals surface area (Å²) in [4.78, 5) is 10.5. The first-order chi connectivity index (χ1) is 7.11. The SMILES string of the molecule is C=C(CNC(C)C1CCOCC1)C(=O)O. The van der Waals surface area contributed by atoms with Gasteiger partial charge in [0, 0.05) is 31.4 Å². The van der Waals surface area contributed by atoms with E-state index >= 15 is 0 Å². The molecule has 0 radical (unpaired) electrons. The summed E-state index contributed by atoms with van der Waals surface area (Å²) in [5.41, 5.74) is 0.217. The molecule has 0 amide bonds. The van der Waals surface area contributed by atoms with Crippen LogP contribution < -0.4 is 5.32 Å². The molecule has 86 valence electrons. The van der Waals surface area contributed by atoms with E-state index in [9.17, 15) is 4.79 Å². The van der Waals surface area contributed by atoms with Gasteiger partial charge in [-0.05, 0) is 25.7 Å². The van der Waals surface area contributed by atoms with Crippen LogP contribution >= 0.6 is 0 Å². The Morgan fingerprint density at radius 2 is 2.20 bits per heavy atom. The van der Waals surface area contributed by atoms with Crippen LogP contribution in [0.5, 0.6) is 0 Å². The van der Waals surface area contributed by atoms with Gasteiger partial charge in [-0.2, -0.15) is 0 Å². The molecule has 1 atom stereocenters. The van der Waals surface area contributed by atoms with Crippen molar-refractivity contribution in [3.05, 3.63) is 12.2 Å². The zero-order valence-electron chi connectivity index (χ0n) is 9.16. The maximum atomic E-state index is 10.5. The lowest BCUT2D eigenvalue weighted by molar-refractivity contribution is -0.132. The van der Waals surface area contributed by atoms with Crippen LogP contribution in [0, 0.1) is 5.92 Å². The van der Waals surface area contributed by atoms with Crippen molar-refractivity contribution in [2.24, 2.45) is 5.92 Å². The molecule has 15 heavy (non-hydrogen) atoms. The normalized spacial score (nSPS) is 19.8. The highest BCUT2D eigenvalue weighted by Crippen LogP contribution is 2.18. The minimum absolute atomic E-state index is 0.217. The monoisotopic (exact) mass is 213 g/mol. The summed E-state index contributed by atoms with van der Waals surface area (Å²) in [6, 6.07) is 0.324. The average Bonchev–Trinajstić information content (AvgIpc) is 2.26. The van der Waals surface area contributed by atoms with Gasteiger partial charge in [-0.3, -0.25) is 0 Å². The number of hydrogen-bond acceptors (Lipinski definition) is 3. The molecule has 4 heteroatoms. The topological polar surface area (TPSA) is 58.6 Å². The lowest BCUT2D eigenvalue weighted by atomic mass is 9.93. The molecule has 1 rings (SSSR count). The van der Waals surface area contributed by atoms with Gasteiger partial charge in [0.25, 0.3) is 0 Å². The van der Waals surface area contributed by atoms with Gasteiger partial charge in [0.05, 0.1) is 0 Å². The van der Waals surface area contributed by atoms with Gasteiger partial charge in [0.2, 0.25) is 0 Å². The Hall–Kier alpha value is -0.870. The Balaban J connectivity index is 2.25. The molecular formula is C11H19NO3. The molecule has 0 aromatic heterocycles. The highest BCUT2D eigenvalue weighted by Gasteiger charge is 2.20. The van der Waals surface area contributed by atoms with Crippen LogP contribution in [0.4, 0.5) is 0 Å². The van der Waals surface area contributed by atoms with E-state index in [1.54, 1.807) is 0 Å². The Kier molecular flexibility index (Phi) is 4.78. The number of carboxylic acid groups (broad SMARTS) is 1. The molecule has 1 heterocycles. The second-order valence-corrected chi connectivity index (χ2v) is 4.03. The van der Waals surface area contributed by atoms with E-state index in [-0.39, 0.29) is 5.57 Å². The van der Waals surface area contributed by atoms with E-state index < -0.39 is 5.97 Å². The maximum Gasteiger partial charge on any atom is 0.332 e. The van der Waals surface area contributed by atoms with E-state index in [1.807, 2.05) is 0 Å². The predicted molar refractivity (Wildman–Crippen MR) is 57.8 cm³/mol. The lowest BCUT2D eigenvalue weighted by Gasteiger charge is -2.28. The molecule has 0 bridgehead atoms. The smallest absolute Gasteiger partial charge is 0.332 e. The van der Waals surface area contributed by atoms with Crippen LogP contribution in [0.15, 0.2) is 12.2 Å².